The highest BCUT2D eigenvalue weighted by Crippen LogP contribution is 2.19. The van der Waals surface area contributed by atoms with Crippen LogP contribution in [0.2, 0.25) is 0 Å². The summed E-state index contributed by atoms with van der Waals surface area (Å²) in [6.07, 6.45) is -0.764. The van der Waals surface area contributed by atoms with E-state index in [9.17, 15) is 13.5 Å². The van der Waals surface area contributed by atoms with Gasteiger partial charge < -0.3 is 10.8 Å². The molecule has 0 bridgehead atoms. The Morgan fingerprint density at radius 3 is 2.61 bits per heavy atom. The molecule has 0 aliphatic heterocycles. The van der Waals surface area contributed by atoms with E-state index in [0.717, 1.165) is 10.0 Å². The average Bonchev–Trinajstić information content (AvgIpc) is 2.29. The first-order chi connectivity index (χ1) is 8.24. The number of nitrogens with one attached hydrogen (secondary N) is 1. The first kappa shape index (κ1) is 15.6. The van der Waals surface area contributed by atoms with Gasteiger partial charge >= 0.3 is 0 Å². The van der Waals surface area contributed by atoms with Crippen LogP contribution in [0.4, 0.5) is 0 Å². The molecule has 5 nitrogen and oxygen atoms in total. The van der Waals surface area contributed by atoms with E-state index in [1.54, 1.807) is 12.1 Å². The Kier molecular flexibility index (Phi) is 5.30. The standard InChI is InChI=1S/C11H17BrN2O3S/c1-7-5-9(3-4-10(7)12)18(16,17)14-6-11(13)8(2)15/h3-5,8,11,14-15H,6,13H2,1-2H3. The van der Waals surface area contributed by atoms with Crippen molar-refractivity contribution in [1.82, 2.24) is 4.72 Å². The molecule has 1 aromatic carbocycles. The molecule has 0 spiro atoms. The van der Waals surface area contributed by atoms with Crippen LogP contribution in [-0.4, -0.2) is 32.2 Å². The lowest BCUT2D eigenvalue weighted by Crippen LogP contribution is -2.43. The maximum absolute atomic E-state index is 12.0. The molecule has 7 heteroatoms. The Labute approximate surface area is 116 Å². The van der Waals surface area contributed by atoms with Gasteiger partial charge in [-0.3, -0.25) is 0 Å². The molecule has 0 saturated heterocycles. The minimum Gasteiger partial charge on any atom is -0.392 e. The first-order valence-corrected chi connectivity index (χ1v) is 7.71. The number of nitrogens with two attached hydrogens (primary N) is 1. The number of hydrogen-bond donors (Lipinski definition) is 3. The van der Waals surface area contributed by atoms with Crippen molar-refractivity contribution in [2.75, 3.05) is 6.54 Å². The molecule has 0 saturated carbocycles. The van der Waals surface area contributed by atoms with E-state index in [2.05, 4.69) is 20.7 Å². The molecule has 1 rings (SSSR count). The van der Waals surface area contributed by atoms with Gasteiger partial charge in [-0.2, -0.15) is 0 Å². The number of halogens is 1. The Balaban J connectivity index is 2.83. The predicted molar refractivity (Wildman–Crippen MR) is 73.7 cm³/mol. The van der Waals surface area contributed by atoms with E-state index >= 15 is 0 Å². The topological polar surface area (TPSA) is 92.4 Å². The van der Waals surface area contributed by atoms with Crippen LogP contribution in [-0.2, 0) is 10.0 Å². The number of aliphatic hydroxyl groups is 1. The highest BCUT2D eigenvalue weighted by atomic mass is 79.9. The number of benzene rings is 1. The Morgan fingerprint density at radius 1 is 1.50 bits per heavy atom. The van der Waals surface area contributed by atoms with Crippen molar-refractivity contribution in [3.63, 3.8) is 0 Å². The minimum atomic E-state index is -3.59. The molecular formula is C11H17BrN2O3S. The average molecular weight is 337 g/mol. The Hall–Kier alpha value is -0.470. The van der Waals surface area contributed by atoms with Crippen molar-refractivity contribution in [1.29, 1.82) is 0 Å². The second kappa shape index (κ2) is 6.12. The number of aryl methyl sites for hydroxylation is 1. The van der Waals surface area contributed by atoms with Crippen LogP contribution in [0.5, 0.6) is 0 Å². The number of aliphatic hydroxyl groups excluding tert-OH is 1. The third kappa shape index (κ3) is 4.03. The summed E-state index contributed by atoms with van der Waals surface area (Å²) in [5, 5.41) is 9.20. The van der Waals surface area contributed by atoms with Gasteiger partial charge in [0.2, 0.25) is 10.0 Å². The summed E-state index contributed by atoms with van der Waals surface area (Å²) in [7, 11) is -3.59. The molecule has 0 aliphatic rings. The Morgan fingerprint density at radius 2 is 2.11 bits per heavy atom. The molecule has 0 amide bonds. The van der Waals surface area contributed by atoms with E-state index in [0.29, 0.717) is 0 Å². The highest BCUT2D eigenvalue weighted by molar-refractivity contribution is 9.10. The third-order valence-corrected chi connectivity index (χ3v) is 4.88. The zero-order chi connectivity index (χ0) is 13.9. The van der Waals surface area contributed by atoms with Crippen LogP contribution in [0.15, 0.2) is 27.6 Å². The molecule has 0 heterocycles. The van der Waals surface area contributed by atoms with Gasteiger partial charge in [-0.1, -0.05) is 15.9 Å². The molecule has 0 aliphatic carbocycles. The van der Waals surface area contributed by atoms with Crippen LogP contribution in [0.1, 0.15) is 12.5 Å². The second-order valence-electron chi connectivity index (χ2n) is 4.17. The molecule has 0 aromatic heterocycles. The number of sulfonamides is 1. The molecule has 2 atom stereocenters. The van der Waals surface area contributed by atoms with Crippen LogP contribution in [0, 0.1) is 6.92 Å². The van der Waals surface area contributed by atoms with Crippen molar-refractivity contribution in [2.24, 2.45) is 5.73 Å². The molecule has 18 heavy (non-hydrogen) atoms. The molecule has 4 N–H and O–H groups in total. The monoisotopic (exact) mass is 336 g/mol. The molecule has 0 fully saturated rings. The molecule has 1 aromatic rings. The summed E-state index contributed by atoms with van der Waals surface area (Å²) in [6.45, 7) is 3.32. The quantitative estimate of drug-likeness (QED) is 0.739. The summed E-state index contributed by atoms with van der Waals surface area (Å²) >= 11 is 3.31. The van der Waals surface area contributed by atoms with Gasteiger partial charge in [-0.05, 0) is 37.6 Å². The zero-order valence-electron chi connectivity index (χ0n) is 10.2. The molecule has 2 unspecified atom stereocenters. The van der Waals surface area contributed by atoms with Gasteiger partial charge in [0, 0.05) is 17.1 Å². The van der Waals surface area contributed by atoms with Gasteiger partial charge in [0.05, 0.1) is 11.0 Å². The smallest absolute Gasteiger partial charge is 0.240 e. The SMILES string of the molecule is Cc1cc(S(=O)(=O)NCC(N)C(C)O)ccc1Br. The molecule has 102 valence electrons. The summed E-state index contributed by atoms with van der Waals surface area (Å²) in [6, 6.07) is 4.13. The minimum absolute atomic E-state index is 0.00485. The molecular weight excluding hydrogens is 320 g/mol. The third-order valence-electron chi connectivity index (χ3n) is 2.57. The zero-order valence-corrected chi connectivity index (χ0v) is 12.6. The van der Waals surface area contributed by atoms with Crippen molar-refractivity contribution < 1.29 is 13.5 Å². The van der Waals surface area contributed by atoms with Gasteiger partial charge in [-0.25, -0.2) is 13.1 Å². The normalized spacial score (nSPS) is 15.4. The Bertz CT molecular complexity index is 517. The summed E-state index contributed by atoms with van der Waals surface area (Å²) in [4.78, 5) is 0.181. The van der Waals surface area contributed by atoms with Gasteiger partial charge in [0.1, 0.15) is 0 Å². The highest BCUT2D eigenvalue weighted by Gasteiger charge is 2.17. The number of hydrogen-bond acceptors (Lipinski definition) is 4. The van der Waals surface area contributed by atoms with E-state index in [1.807, 2.05) is 6.92 Å². The van der Waals surface area contributed by atoms with Crippen molar-refractivity contribution in [2.45, 2.75) is 30.9 Å². The fraction of sp³-hybridized carbons (Fsp3) is 0.455. The first-order valence-electron chi connectivity index (χ1n) is 5.43. The predicted octanol–water partition coefficient (Wildman–Crippen LogP) is 0.744. The molecule has 0 radical (unpaired) electrons. The fourth-order valence-corrected chi connectivity index (χ4v) is 2.65. The van der Waals surface area contributed by atoms with E-state index in [-0.39, 0.29) is 11.4 Å². The summed E-state index contributed by atoms with van der Waals surface area (Å²) < 4.78 is 27.1. The lowest BCUT2D eigenvalue weighted by Gasteiger charge is -2.15. The van der Waals surface area contributed by atoms with Crippen molar-refractivity contribution in [3.8, 4) is 0 Å². The number of rotatable bonds is 5. The maximum atomic E-state index is 12.0. The summed E-state index contributed by atoms with van der Waals surface area (Å²) in [5.74, 6) is 0. The fourth-order valence-electron chi connectivity index (χ4n) is 1.24. The van der Waals surface area contributed by atoms with Gasteiger partial charge in [-0.15, -0.1) is 0 Å². The maximum Gasteiger partial charge on any atom is 0.240 e. The van der Waals surface area contributed by atoms with Gasteiger partial charge in [0.15, 0.2) is 0 Å². The van der Waals surface area contributed by atoms with Crippen molar-refractivity contribution in [3.05, 3.63) is 28.2 Å². The van der Waals surface area contributed by atoms with Crippen LogP contribution >= 0.6 is 15.9 Å². The van der Waals surface area contributed by atoms with E-state index in [4.69, 9.17) is 5.73 Å². The second-order valence-corrected chi connectivity index (χ2v) is 6.79. The van der Waals surface area contributed by atoms with E-state index < -0.39 is 22.2 Å². The van der Waals surface area contributed by atoms with Crippen LogP contribution < -0.4 is 10.5 Å². The van der Waals surface area contributed by atoms with Gasteiger partial charge in [0.25, 0.3) is 0 Å². The van der Waals surface area contributed by atoms with Crippen LogP contribution in [0.3, 0.4) is 0 Å². The largest absolute Gasteiger partial charge is 0.392 e. The summed E-state index contributed by atoms with van der Waals surface area (Å²) in [5.41, 5.74) is 6.40. The lowest BCUT2D eigenvalue weighted by atomic mass is 10.2. The van der Waals surface area contributed by atoms with Crippen LogP contribution in [0.25, 0.3) is 0 Å². The van der Waals surface area contributed by atoms with E-state index in [1.165, 1.54) is 13.0 Å². The van der Waals surface area contributed by atoms with Crippen molar-refractivity contribution >= 4 is 26.0 Å². The lowest BCUT2D eigenvalue weighted by molar-refractivity contribution is 0.164.